The molecule has 1 unspecified atom stereocenters. The first-order valence-electron chi connectivity index (χ1n) is 7.57. The van der Waals surface area contributed by atoms with Crippen LogP contribution in [0.4, 0.5) is 4.79 Å². The van der Waals surface area contributed by atoms with E-state index in [4.69, 9.17) is 0 Å². The maximum atomic E-state index is 12.1. The molecule has 1 aromatic heterocycles. The molecule has 21 heavy (non-hydrogen) atoms. The van der Waals surface area contributed by atoms with Gasteiger partial charge in [0.2, 0.25) is 0 Å². The van der Waals surface area contributed by atoms with Gasteiger partial charge in [-0.25, -0.2) is 9.78 Å². The number of aromatic nitrogens is 1. The van der Waals surface area contributed by atoms with Crippen LogP contribution in [0.15, 0.2) is 5.38 Å². The van der Waals surface area contributed by atoms with Crippen LogP contribution in [-0.2, 0) is 6.42 Å². The molecule has 0 aliphatic carbocycles. The number of nitrogens with one attached hydrogen (secondary N) is 1. The van der Waals surface area contributed by atoms with Crippen molar-refractivity contribution < 1.29 is 9.90 Å². The summed E-state index contributed by atoms with van der Waals surface area (Å²) in [7, 11) is 0. The minimum Gasteiger partial charge on any atom is -0.388 e. The van der Waals surface area contributed by atoms with Crippen LogP contribution in [-0.4, -0.2) is 46.3 Å². The average molecular weight is 311 g/mol. The van der Waals surface area contributed by atoms with Gasteiger partial charge in [-0.1, -0.05) is 13.8 Å². The topological polar surface area (TPSA) is 65.5 Å². The van der Waals surface area contributed by atoms with E-state index < -0.39 is 5.60 Å². The lowest BCUT2D eigenvalue weighted by Gasteiger charge is -2.36. The molecule has 2 rings (SSSR count). The van der Waals surface area contributed by atoms with E-state index in [1.807, 2.05) is 0 Å². The van der Waals surface area contributed by atoms with Gasteiger partial charge in [0.05, 0.1) is 22.8 Å². The molecule has 2 heterocycles. The Bertz CT molecular complexity index is 485. The Hall–Kier alpha value is -1.14. The van der Waals surface area contributed by atoms with Crippen molar-refractivity contribution in [2.24, 2.45) is 0 Å². The van der Waals surface area contributed by atoms with Crippen LogP contribution in [0.2, 0.25) is 0 Å². The summed E-state index contributed by atoms with van der Waals surface area (Å²) in [6.07, 6.45) is 2.36. The summed E-state index contributed by atoms with van der Waals surface area (Å²) in [5.41, 5.74) is 0.283. The third-order valence-electron chi connectivity index (χ3n) is 3.68. The molecule has 0 spiro atoms. The molecule has 0 radical (unpaired) electrons. The number of aliphatic hydroxyl groups is 1. The third kappa shape index (κ3) is 4.68. The van der Waals surface area contributed by atoms with Gasteiger partial charge in [-0.05, 0) is 19.8 Å². The molecule has 0 aromatic carbocycles. The molecule has 0 bridgehead atoms. The number of amides is 2. The van der Waals surface area contributed by atoms with E-state index in [1.54, 1.807) is 23.2 Å². The zero-order valence-corrected chi connectivity index (χ0v) is 13.9. The van der Waals surface area contributed by atoms with Crippen molar-refractivity contribution >= 4 is 17.4 Å². The second kappa shape index (κ2) is 6.75. The molecule has 1 fully saturated rings. The summed E-state index contributed by atoms with van der Waals surface area (Å²) in [5, 5.41) is 16.1. The van der Waals surface area contributed by atoms with Gasteiger partial charge in [0.1, 0.15) is 0 Å². The third-order valence-corrected chi connectivity index (χ3v) is 4.88. The van der Waals surface area contributed by atoms with Crippen LogP contribution in [0, 0.1) is 0 Å². The van der Waals surface area contributed by atoms with Crippen molar-refractivity contribution in [2.75, 3.05) is 19.6 Å². The summed E-state index contributed by atoms with van der Waals surface area (Å²) in [6.45, 7) is 7.76. The van der Waals surface area contributed by atoms with Gasteiger partial charge in [0, 0.05) is 30.8 Å². The summed E-state index contributed by atoms with van der Waals surface area (Å²) in [4.78, 5) is 18.3. The standard InChI is InChI=1S/C15H25N3O2S/c1-11(2)13-17-12(9-21-13)5-7-16-14(19)18-8-4-6-15(3,20)10-18/h9,11,20H,4-8,10H2,1-3H3,(H,16,19). The van der Waals surface area contributed by atoms with Crippen LogP contribution in [0.25, 0.3) is 0 Å². The molecule has 6 heteroatoms. The largest absolute Gasteiger partial charge is 0.388 e. The molecule has 2 N–H and O–H groups in total. The highest BCUT2D eigenvalue weighted by atomic mass is 32.1. The lowest BCUT2D eigenvalue weighted by atomic mass is 9.95. The van der Waals surface area contributed by atoms with Crippen LogP contribution < -0.4 is 5.32 Å². The van der Waals surface area contributed by atoms with Gasteiger partial charge in [-0.2, -0.15) is 0 Å². The smallest absolute Gasteiger partial charge is 0.317 e. The molecule has 5 nitrogen and oxygen atoms in total. The molecule has 1 aliphatic heterocycles. The minimum atomic E-state index is -0.753. The van der Waals surface area contributed by atoms with Crippen molar-refractivity contribution in [1.29, 1.82) is 0 Å². The summed E-state index contributed by atoms with van der Waals surface area (Å²) in [5.74, 6) is 0.453. The molecule has 1 aromatic rings. The number of urea groups is 1. The fourth-order valence-electron chi connectivity index (χ4n) is 2.51. The molecule has 1 saturated heterocycles. The molecule has 2 amide bonds. The second-order valence-corrected chi connectivity index (χ2v) is 7.23. The van der Waals surface area contributed by atoms with Crippen LogP contribution in [0.3, 0.4) is 0 Å². The lowest BCUT2D eigenvalue weighted by molar-refractivity contribution is -0.00245. The molecule has 1 atom stereocenters. The predicted octanol–water partition coefficient (Wildman–Crippen LogP) is 2.37. The molecule has 1 aliphatic rings. The number of piperidine rings is 1. The number of rotatable bonds is 4. The molecule has 118 valence electrons. The monoisotopic (exact) mass is 311 g/mol. The van der Waals surface area contributed by atoms with Crippen LogP contribution >= 0.6 is 11.3 Å². The van der Waals surface area contributed by atoms with E-state index in [0.717, 1.165) is 36.5 Å². The van der Waals surface area contributed by atoms with Gasteiger partial charge < -0.3 is 15.3 Å². The Morgan fingerprint density at radius 2 is 2.38 bits per heavy atom. The number of hydrogen-bond acceptors (Lipinski definition) is 4. The van der Waals surface area contributed by atoms with E-state index in [1.165, 1.54) is 0 Å². The highest BCUT2D eigenvalue weighted by Gasteiger charge is 2.30. The maximum absolute atomic E-state index is 12.1. The first-order chi connectivity index (χ1) is 9.87. The Balaban J connectivity index is 1.76. The highest BCUT2D eigenvalue weighted by molar-refractivity contribution is 7.09. The maximum Gasteiger partial charge on any atom is 0.317 e. The summed E-state index contributed by atoms with van der Waals surface area (Å²) < 4.78 is 0. The van der Waals surface area contributed by atoms with Crippen molar-refractivity contribution in [2.45, 2.75) is 51.6 Å². The van der Waals surface area contributed by atoms with Crippen molar-refractivity contribution in [3.8, 4) is 0 Å². The van der Waals surface area contributed by atoms with Gasteiger partial charge in [0.15, 0.2) is 0 Å². The zero-order valence-electron chi connectivity index (χ0n) is 13.1. The molecular formula is C15H25N3O2S. The number of carbonyl (C=O) groups excluding carboxylic acids is 1. The van der Waals surface area contributed by atoms with Crippen molar-refractivity contribution in [3.63, 3.8) is 0 Å². The summed E-state index contributed by atoms with van der Waals surface area (Å²) in [6, 6.07) is -0.0886. The van der Waals surface area contributed by atoms with Gasteiger partial charge >= 0.3 is 6.03 Å². The number of β-amino-alcohol motifs (C(OH)–C–C–N with tert-alkyl or cyclic N) is 1. The van der Waals surface area contributed by atoms with E-state index in [9.17, 15) is 9.90 Å². The summed E-state index contributed by atoms with van der Waals surface area (Å²) >= 11 is 1.68. The van der Waals surface area contributed by atoms with E-state index in [2.05, 4.69) is 29.5 Å². The van der Waals surface area contributed by atoms with Crippen LogP contribution in [0.1, 0.15) is 50.2 Å². The van der Waals surface area contributed by atoms with Gasteiger partial charge in [-0.3, -0.25) is 0 Å². The fraction of sp³-hybridized carbons (Fsp3) is 0.733. The van der Waals surface area contributed by atoms with Gasteiger partial charge in [0.25, 0.3) is 0 Å². The van der Waals surface area contributed by atoms with Crippen molar-refractivity contribution in [1.82, 2.24) is 15.2 Å². The lowest BCUT2D eigenvalue weighted by Crippen LogP contribution is -2.52. The zero-order chi connectivity index (χ0) is 15.5. The second-order valence-electron chi connectivity index (χ2n) is 6.34. The Labute approximate surface area is 130 Å². The van der Waals surface area contributed by atoms with Crippen molar-refractivity contribution in [3.05, 3.63) is 16.1 Å². The van der Waals surface area contributed by atoms with Gasteiger partial charge in [-0.15, -0.1) is 11.3 Å². The number of carbonyl (C=O) groups is 1. The molecular weight excluding hydrogens is 286 g/mol. The normalized spacial score (nSPS) is 22.6. The SMILES string of the molecule is CC(C)c1nc(CCNC(=O)N2CCCC(C)(O)C2)cs1. The molecule has 0 saturated carbocycles. The first-order valence-corrected chi connectivity index (χ1v) is 8.45. The Morgan fingerprint density at radius 3 is 3.00 bits per heavy atom. The minimum absolute atomic E-state index is 0.0886. The van der Waals surface area contributed by atoms with E-state index in [0.29, 0.717) is 19.0 Å². The number of thiazole rings is 1. The average Bonchev–Trinajstić information content (AvgIpc) is 2.86. The first kappa shape index (κ1) is 16.2. The number of likely N-dealkylation sites (tertiary alicyclic amines) is 1. The quantitative estimate of drug-likeness (QED) is 0.897. The Morgan fingerprint density at radius 1 is 1.62 bits per heavy atom. The highest BCUT2D eigenvalue weighted by Crippen LogP contribution is 2.20. The predicted molar refractivity (Wildman–Crippen MR) is 84.7 cm³/mol. The fourth-order valence-corrected chi connectivity index (χ4v) is 3.37. The van der Waals surface area contributed by atoms with Crippen LogP contribution in [0.5, 0.6) is 0 Å². The van der Waals surface area contributed by atoms with E-state index >= 15 is 0 Å². The number of nitrogens with zero attached hydrogens (tertiary/aromatic N) is 2. The van der Waals surface area contributed by atoms with E-state index in [-0.39, 0.29) is 6.03 Å². The number of hydrogen-bond donors (Lipinski definition) is 2. The Kier molecular flexibility index (Phi) is 5.22.